The molecule has 2 rings (SSSR count). The van der Waals surface area contributed by atoms with Crippen LogP contribution in [0.2, 0.25) is 0 Å². The number of aromatic nitrogens is 2. The fourth-order valence-corrected chi connectivity index (χ4v) is 2.62. The molecule has 1 aliphatic rings. The topological polar surface area (TPSA) is 129 Å². The lowest BCUT2D eigenvalue weighted by molar-refractivity contribution is -0.134. The number of nitrogens with two attached hydrogens (primary N) is 1. The molecule has 0 amide bonds. The van der Waals surface area contributed by atoms with Gasteiger partial charge in [0.1, 0.15) is 0 Å². The summed E-state index contributed by atoms with van der Waals surface area (Å²) in [7, 11) is 0. The van der Waals surface area contributed by atoms with E-state index in [4.69, 9.17) is 15.9 Å². The minimum atomic E-state index is -1.26. The molecule has 8 heteroatoms. The summed E-state index contributed by atoms with van der Waals surface area (Å²) in [5.74, 6) is -1.35. The monoisotopic (exact) mass is 285 g/mol. The Bertz CT molecular complexity index is 456. The molecule has 1 unspecified atom stereocenters. The van der Waals surface area contributed by atoms with Gasteiger partial charge in [-0.2, -0.15) is 11.8 Å². The highest BCUT2D eigenvalue weighted by molar-refractivity contribution is 7.99. The summed E-state index contributed by atoms with van der Waals surface area (Å²) in [6.45, 7) is 0.697. The van der Waals surface area contributed by atoms with Crippen molar-refractivity contribution in [1.29, 1.82) is 0 Å². The molecule has 1 atom stereocenters. The number of aromatic amines is 1. The number of H-pyrrole nitrogens is 1. The Kier molecular flexibility index (Phi) is 6.10. The van der Waals surface area contributed by atoms with E-state index in [2.05, 4.69) is 9.97 Å². The maximum Gasteiger partial charge on any atom is 0.328 e. The average Bonchev–Trinajstić information content (AvgIpc) is 2.85. The van der Waals surface area contributed by atoms with E-state index in [1.165, 1.54) is 11.4 Å². The van der Waals surface area contributed by atoms with Crippen molar-refractivity contribution >= 4 is 23.7 Å². The average molecular weight is 285 g/mol. The van der Waals surface area contributed by atoms with Gasteiger partial charge in [0, 0.05) is 24.4 Å². The van der Waals surface area contributed by atoms with Gasteiger partial charge in [-0.15, -0.1) is 0 Å². The van der Waals surface area contributed by atoms with E-state index >= 15 is 0 Å². The minimum absolute atomic E-state index is 0.421. The van der Waals surface area contributed by atoms with E-state index in [0.29, 0.717) is 23.9 Å². The lowest BCUT2D eigenvalue weighted by Crippen LogP contribution is -2.16. The van der Waals surface area contributed by atoms with Crippen LogP contribution in [0.3, 0.4) is 0 Å². The molecule has 0 aromatic carbocycles. The lowest BCUT2D eigenvalue weighted by Gasteiger charge is -2.18. The third-order valence-electron chi connectivity index (χ3n) is 2.31. The molecule has 0 aliphatic carbocycles. The summed E-state index contributed by atoms with van der Waals surface area (Å²) in [5.41, 5.74) is 8.05. The van der Waals surface area contributed by atoms with Crippen LogP contribution < -0.4 is 5.73 Å². The number of imidazole rings is 1. The molecule has 2 heterocycles. The zero-order valence-corrected chi connectivity index (χ0v) is 10.9. The summed E-state index contributed by atoms with van der Waals surface area (Å²) in [6.07, 6.45) is 3.99. The Balaban J connectivity index is 0.000000203. The molecule has 1 aliphatic heterocycles. The van der Waals surface area contributed by atoms with Crippen molar-refractivity contribution < 1.29 is 19.8 Å². The third kappa shape index (κ3) is 5.14. The molecular formula is C11H15N3O4S. The van der Waals surface area contributed by atoms with Crippen LogP contribution in [-0.2, 0) is 16.0 Å². The zero-order valence-electron chi connectivity index (χ0n) is 10.1. The lowest BCUT2D eigenvalue weighted by atomic mass is 10.2. The summed E-state index contributed by atoms with van der Waals surface area (Å²) >= 11 is 1.90. The number of aliphatic carboxylic acids is 2. The standard InChI is InChI=1S/C7H11N3S.C4H4O4/c8-3-6-7-5(1-2-11-6)9-4-10-7;5-3(6)1-2-4(7)8/h4,6H,1-3,8H2,(H,9,10);1-2H,(H,5,6)(H,7,8)/b;2-1+. The van der Waals surface area contributed by atoms with Gasteiger partial charge in [0.15, 0.2) is 0 Å². The van der Waals surface area contributed by atoms with Crippen LogP contribution in [0, 0.1) is 0 Å². The smallest absolute Gasteiger partial charge is 0.328 e. The number of carboxylic acid groups (broad SMARTS) is 2. The van der Waals surface area contributed by atoms with E-state index in [1.807, 2.05) is 11.8 Å². The highest BCUT2D eigenvalue weighted by Crippen LogP contribution is 2.33. The molecule has 1 aromatic heterocycles. The normalized spacial score (nSPS) is 17.4. The number of hydrogen-bond donors (Lipinski definition) is 4. The summed E-state index contributed by atoms with van der Waals surface area (Å²) < 4.78 is 0. The van der Waals surface area contributed by atoms with E-state index in [1.54, 1.807) is 6.33 Å². The first-order chi connectivity index (χ1) is 9.04. The van der Waals surface area contributed by atoms with Crippen molar-refractivity contribution in [2.24, 2.45) is 5.73 Å². The second-order valence-electron chi connectivity index (χ2n) is 3.62. The number of carbonyl (C=O) groups is 2. The molecule has 0 fully saturated rings. The number of hydrogen-bond acceptors (Lipinski definition) is 5. The van der Waals surface area contributed by atoms with Gasteiger partial charge in [0.2, 0.25) is 0 Å². The molecule has 7 nitrogen and oxygen atoms in total. The Labute approximate surface area is 113 Å². The van der Waals surface area contributed by atoms with Gasteiger partial charge in [-0.3, -0.25) is 0 Å². The summed E-state index contributed by atoms with van der Waals surface area (Å²) in [4.78, 5) is 26.5. The van der Waals surface area contributed by atoms with Crippen LogP contribution in [0.1, 0.15) is 16.6 Å². The van der Waals surface area contributed by atoms with Gasteiger partial charge in [-0.05, 0) is 12.2 Å². The van der Waals surface area contributed by atoms with Crippen molar-refractivity contribution in [3.05, 3.63) is 29.9 Å². The highest BCUT2D eigenvalue weighted by atomic mass is 32.2. The van der Waals surface area contributed by atoms with Crippen molar-refractivity contribution in [2.45, 2.75) is 11.7 Å². The molecule has 19 heavy (non-hydrogen) atoms. The predicted molar refractivity (Wildman–Crippen MR) is 71.0 cm³/mol. The van der Waals surface area contributed by atoms with E-state index in [-0.39, 0.29) is 0 Å². The molecule has 0 saturated heterocycles. The second-order valence-corrected chi connectivity index (χ2v) is 4.93. The van der Waals surface area contributed by atoms with E-state index in [9.17, 15) is 9.59 Å². The van der Waals surface area contributed by atoms with Crippen LogP contribution in [0.4, 0.5) is 0 Å². The SMILES string of the molecule is NCC1SCCc2[nH]cnc21.O=C(O)/C=C/C(=O)O. The maximum absolute atomic E-state index is 9.55. The number of thioether (sulfide) groups is 1. The predicted octanol–water partition coefficient (Wildman–Crippen LogP) is 0.411. The highest BCUT2D eigenvalue weighted by Gasteiger charge is 2.21. The summed E-state index contributed by atoms with van der Waals surface area (Å²) in [5, 5.41) is 16.0. The van der Waals surface area contributed by atoms with Crippen molar-refractivity contribution in [2.75, 3.05) is 12.3 Å². The number of carboxylic acids is 2. The van der Waals surface area contributed by atoms with Crippen LogP contribution in [0.5, 0.6) is 0 Å². The van der Waals surface area contributed by atoms with Crippen molar-refractivity contribution in [1.82, 2.24) is 9.97 Å². The number of nitrogens with zero attached hydrogens (tertiary/aromatic N) is 1. The first-order valence-electron chi connectivity index (χ1n) is 5.52. The fraction of sp³-hybridized carbons (Fsp3) is 0.364. The van der Waals surface area contributed by atoms with Gasteiger partial charge in [0.05, 0.1) is 17.3 Å². The van der Waals surface area contributed by atoms with Gasteiger partial charge in [-0.1, -0.05) is 0 Å². The number of fused-ring (bicyclic) bond motifs is 1. The Morgan fingerprint density at radius 3 is 2.63 bits per heavy atom. The molecule has 1 aromatic rings. The minimum Gasteiger partial charge on any atom is -0.478 e. The van der Waals surface area contributed by atoms with Crippen LogP contribution >= 0.6 is 11.8 Å². The van der Waals surface area contributed by atoms with Crippen LogP contribution in [-0.4, -0.2) is 44.4 Å². The molecule has 5 N–H and O–H groups in total. The van der Waals surface area contributed by atoms with Gasteiger partial charge in [0.25, 0.3) is 0 Å². The van der Waals surface area contributed by atoms with Gasteiger partial charge in [-0.25, -0.2) is 14.6 Å². The molecule has 0 spiro atoms. The van der Waals surface area contributed by atoms with Crippen LogP contribution in [0.25, 0.3) is 0 Å². The second kappa shape index (κ2) is 7.59. The molecule has 0 radical (unpaired) electrons. The fourth-order valence-electron chi connectivity index (χ4n) is 1.51. The molecule has 0 saturated carbocycles. The van der Waals surface area contributed by atoms with Crippen LogP contribution in [0.15, 0.2) is 18.5 Å². The van der Waals surface area contributed by atoms with Crippen molar-refractivity contribution in [3.63, 3.8) is 0 Å². The van der Waals surface area contributed by atoms with Gasteiger partial charge < -0.3 is 20.9 Å². The van der Waals surface area contributed by atoms with Crippen molar-refractivity contribution in [3.8, 4) is 0 Å². The first-order valence-corrected chi connectivity index (χ1v) is 6.57. The molecular weight excluding hydrogens is 270 g/mol. The Morgan fingerprint density at radius 1 is 1.47 bits per heavy atom. The Hall–Kier alpha value is -1.80. The van der Waals surface area contributed by atoms with Gasteiger partial charge >= 0.3 is 11.9 Å². The molecule has 104 valence electrons. The third-order valence-corrected chi connectivity index (χ3v) is 3.57. The quantitative estimate of drug-likeness (QED) is 0.592. The largest absolute Gasteiger partial charge is 0.478 e. The Morgan fingerprint density at radius 2 is 2.11 bits per heavy atom. The van der Waals surface area contributed by atoms with E-state index < -0.39 is 11.9 Å². The maximum atomic E-state index is 9.55. The summed E-state index contributed by atoms with van der Waals surface area (Å²) in [6, 6.07) is 0. The number of aryl methyl sites for hydroxylation is 1. The number of nitrogens with one attached hydrogen (secondary N) is 1. The first kappa shape index (κ1) is 15.3. The van der Waals surface area contributed by atoms with E-state index in [0.717, 1.165) is 12.2 Å². The number of rotatable bonds is 3. The molecule has 0 bridgehead atoms. The zero-order chi connectivity index (χ0) is 14.3.